The van der Waals surface area contributed by atoms with E-state index in [1.807, 2.05) is 34.1 Å². The Hall–Kier alpha value is -3.96. The normalized spacial score (nSPS) is 18.6. The number of nitrogens with one attached hydrogen (secondary N) is 1. The molecule has 4 heterocycles. The molecule has 0 bridgehead atoms. The third kappa shape index (κ3) is 7.17. The molecule has 11 nitrogen and oxygen atoms in total. The zero-order valence-electron chi connectivity index (χ0n) is 24.9. The third-order valence-corrected chi connectivity index (χ3v) is 8.80. The number of morpholine rings is 1. The van der Waals surface area contributed by atoms with Crippen molar-refractivity contribution in [3.63, 3.8) is 0 Å². The average Bonchev–Trinajstić information content (AvgIpc) is 3.05. The molecule has 2 aromatic carbocycles. The number of fused-ring (bicyclic) bond motifs is 1. The number of amides is 3. The van der Waals surface area contributed by atoms with Crippen molar-refractivity contribution in [1.29, 1.82) is 0 Å². The summed E-state index contributed by atoms with van der Waals surface area (Å²) in [5.74, 6) is 1.21. The molecule has 1 N–H and O–H groups in total. The van der Waals surface area contributed by atoms with Crippen molar-refractivity contribution in [3.8, 4) is 5.75 Å². The van der Waals surface area contributed by atoms with Gasteiger partial charge in [-0.05, 0) is 49.2 Å². The maximum Gasteiger partial charge on any atom is 0.321 e. The number of hydrogen-bond donors (Lipinski definition) is 1. The number of carbonyl (C=O) groups is 2. The second-order valence-corrected chi connectivity index (χ2v) is 11.5. The predicted octanol–water partition coefficient (Wildman–Crippen LogP) is 3.42. The molecule has 0 atom stereocenters. The highest BCUT2D eigenvalue weighted by molar-refractivity contribution is 5.89. The Kier molecular flexibility index (Phi) is 9.18. The number of nitrogens with zero attached hydrogens (tertiary/aromatic N) is 6. The van der Waals surface area contributed by atoms with Gasteiger partial charge in [0, 0.05) is 94.6 Å². The van der Waals surface area contributed by atoms with Crippen LogP contribution in [0.25, 0.3) is 10.9 Å². The maximum absolute atomic E-state index is 13.0. The quantitative estimate of drug-likeness (QED) is 0.449. The molecule has 6 rings (SSSR count). The van der Waals surface area contributed by atoms with Gasteiger partial charge in [0.25, 0.3) is 0 Å². The minimum absolute atomic E-state index is 0.0624. The molecule has 3 aliphatic heterocycles. The molecule has 0 saturated carbocycles. The fraction of sp³-hybridized carbons (Fsp3) is 0.500. The summed E-state index contributed by atoms with van der Waals surface area (Å²) in [6.07, 6.45) is 3.34. The Morgan fingerprint density at radius 1 is 0.907 bits per heavy atom. The largest absolute Gasteiger partial charge is 0.492 e. The van der Waals surface area contributed by atoms with Gasteiger partial charge in [0.15, 0.2) is 0 Å². The van der Waals surface area contributed by atoms with Crippen LogP contribution in [0.3, 0.4) is 0 Å². The van der Waals surface area contributed by atoms with Gasteiger partial charge >= 0.3 is 6.03 Å². The van der Waals surface area contributed by atoms with E-state index in [-0.39, 0.29) is 17.9 Å². The highest BCUT2D eigenvalue weighted by atomic mass is 16.5. The Morgan fingerprint density at radius 3 is 2.37 bits per heavy atom. The standard InChI is InChI=1S/C32H41N7O4/c1-24(40)37-14-12-36(13-15-37)16-21-43-28-6-7-29-30(22-28)33-23-34-31(29)25-8-10-39(11-9-25)32(41)35-26-2-4-27(5-3-26)38-17-19-42-20-18-38/h2-7,22-23,25H,8-21H2,1H3,(H,35,41). The zero-order chi connectivity index (χ0) is 29.6. The lowest BCUT2D eigenvalue weighted by Crippen LogP contribution is -2.48. The Bertz CT molecular complexity index is 1400. The van der Waals surface area contributed by atoms with Gasteiger partial charge in [0.05, 0.1) is 24.4 Å². The van der Waals surface area contributed by atoms with Crippen LogP contribution in [0.4, 0.5) is 16.2 Å². The Labute approximate surface area is 252 Å². The fourth-order valence-corrected chi connectivity index (χ4v) is 6.19. The fourth-order valence-electron chi connectivity index (χ4n) is 6.19. The van der Waals surface area contributed by atoms with E-state index in [0.29, 0.717) is 19.7 Å². The summed E-state index contributed by atoms with van der Waals surface area (Å²) in [5.41, 5.74) is 3.87. The lowest BCUT2D eigenvalue weighted by molar-refractivity contribution is -0.130. The molecule has 0 spiro atoms. The Morgan fingerprint density at radius 2 is 1.65 bits per heavy atom. The van der Waals surface area contributed by atoms with Crippen molar-refractivity contribution < 1.29 is 19.1 Å². The number of hydrogen-bond acceptors (Lipinski definition) is 8. The van der Waals surface area contributed by atoms with Crippen LogP contribution < -0.4 is 15.0 Å². The highest BCUT2D eigenvalue weighted by Gasteiger charge is 2.26. The maximum atomic E-state index is 13.0. The first-order valence-electron chi connectivity index (χ1n) is 15.4. The van der Waals surface area contributed by atoms with Crippen LogP contribution in [0.15, 0.2) is 48.8 Å². The van der Waals surface area contributed by atoms with Gasteiger partial charge in [0.2, 0.25) is 5.91 Å². The average molecular weight is 588 g/mol. The molecular weight excluding hydrogens is 546 g/mol. The summed E-state index contributed by atoms with van der Waals surface area (Å²) >= 11 is 0. The van der Waals surface area contributed by atoms with E-state index in [2.05, 4.69) is 43.3 Å². The van der Waals surface area contributed by atoms with E-state index in [1.165, 1.54) is 0 Å². The molecule has 228 valence electrons. The van der Waals surface area contributed by atoms with E-state index in [0.717, 1.165) is 106 Å². The number of urea groups is 1. The van der Waals surface area contributed by atoms with E-state index in [1.54, 1.807) is 13.3 Å². The number of benzene rings is 2. The first-order chi connectivity index (χ1) is 21.0. The van der Waals surface area contributed by atoms with Crippen LogP contribution in [0.1, 0.15) is 31.4 Å². The first-order valence-corrected chi connectivity index (χ1v) is 15.4. The predicted molar refractivity (Wildman–Crippen MR) is 166 cm³/mol. The molecule has 0 aliphatic carbocycles. The van der Waals surface area contributed by atoms with Crippen molar-refractivity contribution in [2.75, 3.05) is 88.9 Å². The number of aromatic nitrogens is 2. The summed E-state index contributed by atoms with van der Waals surface area (Å²) in [6.45, 7) is 11.0. The van der Waals surface area contributed by atoms with Crippen molar-refractivity contribution >= 4 is 34.2 Å². The van der Waals surface area contributed by atoms with Gasteiger partial charge in [-0.1, -0.05) is 0 Å². The van der Waals surface area contributed by atoms with Crippen LogP contribution in [-0.2, 0) is 9.53 Å². The summed E-state index contributed by atoms with van der Waals surface area (Å²) in [6, 6.07) is 14.0. The summed E-state index contributed by atoms with van der Waals surface area (Å²) in [7, 11) is 0. The van der Waals surface area contributed by atoms with Crippen LogP contribution in [0.5, 0.6) is 5.75 Å². The van der Waals surface area contributed by atoms with Gasteiger partial charge in [-0.3, -0.25) is 9.69 Å². The molecule has 3 aromatic rings. The molecule has 11 heteroatoms. The molecule has 3 amide bonds. The topological polar surface area (TPSA) is 103 Å². The number of ether oxygens (including phenoxy) is 2. The van der Waals surface area contributed by atoms with Gasteiger partial charge in [-0.2, -0.15) is 0 Å². The summed E-state index contributed by atoms with van der Waals surface area (Å²) < 4.78 is 11.5. The lowest BCUT2D eigenvalue weighted by Gasteiger charge is -2.34. The molecule has 3 fully saturated rings. The summed E-state index contributed by atoms with van der Waals surface area (Å²) in [4.78, 5) is 42.1. The Balaban J connectivity index is 0.988. The number of piperidine rings is 1. The molecule has 0 unspecified atom stereocenters. The van der Waals surface area contributed by atoms with Crippen LogP contribution >= 0.6 is 0 Å². The van der Waals surface area contributed by atoms with E-state index >= 15 is 0 Å². The monoisotopic (exact) mass is 587 g/mol. The van der Waals surface area contributed by atoms with Gasteiger partial charge in [0.1, 0.15) is 18.7 Å². The van der Waals surface area contributed by atoms with Gasteiger partial charge < -0.3 is 29.5 Å². The number of likely N-dealkylation sites (tertiary alicyclic amines) is 1. The minimum Gasteiger partial charge on any atom is -0.492 e. The van der Waals surface area contributed by atoms with Crippen LogP contribution in [0, 0.1) is 0 Å². The molecule has 43 heavy (non-hydrogen) atoms. The molecule has 0 radical (unpaired) electrons. The SMILES string of the molecule is CC(=O)N1CCN(CCOc2ccc3c(C4CCN(C(=O)Nc5ccc(N6CCOCC6)cc5)CC4)ncnc3c2)CC1. The molecular formula is C32H41N7O4. The minimum atomic E-state index is -0.0624. The van der Waals surface area contributed by atoms with Gasteiger partial charge in [-0.15, -0.1) is 0 Å². The molecule has 3 aliphatic rings. The highest BCUT2D eigenvalue weighted by Crippen LogP contribution is 2.32. The molecule has 1 aromatic heterocycles. The van der Waals surface area contributed by atoms with Crippen molar-refractivity contribution in [2.24, 2.45) is 0 Å². The van der Waals surface area contributed by atoms with Crippen molar-refractivity contribution in [2.45, 2.75) is 25.7 Å². The zero-order valence-corrected chi connectivity index (χ0v) is 24.9. The van der Waals surface area contributed by atoms with Crippen LogP contribution in [-0.4, -0.2) is 115 Å². The second-order valence-electron chi connectivity index (χ2n) is 11.5. The van der Waals surface area contributed by atoms with E-state index < -0.39 is 0 Å². The lowest BCUT2D eigenvalue weighted by atomic mass is 9.91. The second kappa shape index (κ2) is 13.6. The smallest absolute Gasteiger partial charge is 0.321 e. The van der Waals surface area contributed by atoms with Crippen LogP contribution in [0.2, 0.25) is 0 Å². The number of anilines is 2. The number of rotatable bonds is 7. The number of piperazine rings is 1. The van der Waals surface area contributed by atoms with E-state index in [9.17, 15) is 9.59 Å². The number of carbonyl (C=O) groups excluding carboxylic acids is 2. The van der Waals surface area contributed by atoms with Gasteiger partial charge in [-0.25, -0.2) is 14.8 Å². The molecule has 3 saturated heterocycles. The summed E-state index contributed by atoms with van der Waals surface area (Å²) in [5, 5.41) is 4.10. The van der Waals surface area contributed by atoms with E-state index in [4.69, 9.17) is 9.47 Å². The third-order valence-electron chi connectivity index (χ3n) is 8.80. The van der Waals surface area contributed by atoms with Crippen molar-refractivity contribution in [1.82, 2.24) is 24.7 Å². The first kappa shape index (κ1) is 29.1. The van der Waals surface area contributed by atoms with Crippen molar-refractivity contribution in [3.05, 3.63) is 54.5 Å².